The highest BCUT2D eigenvalue weighted by molar-refractivity contribution is 6.29. The van der Waals surface area contributed by atoms with Gasteiger partial charge in [-0.15, -0.1) is 0 Å². The maximum atomic E-state index is 9.23. The van der Waals surface area contributed by atoms with Gasteiger partial charge in [-0.2, -0.15) is 9.61 Å². The van der Waals surface area contributed by atoms with E-state index in [1.807, 2.05) is 20.9 Å². The van der Waals surface area contributed by atoms with Crippen molar-refractivity contribution in [1.29, 1.82) is 0 Å². The summed E-state index contributed by atoms with van der Waals surface area (Å²) in [4.78, 5) is 4.32. The van der Waals surface area contributed by atoms with Crippen LogP contribution in [-0.2, 0) is 6.54 Å². The van der Waals surface area contributed by atoms with E-state index in [0.717, 1.165) is 17.0 Å². The summed E-state index contributed by atoms with van der Waals surface area (Å²) in [5, 5.41) is 20.3. The third-order valence-electron chi connectivity index (χ3n) is 3.12. The molecule has 7 heteroatoms. The van der Waals surface area contributed by atoms with Crippen molar-refractivity contribution in [3.05, 3.63) is 23.0 Å². The molecule has 3 N–H and O–H groups in total. The highest BCUT2D eigenvalue weighted by Gasteiger charge is 2.16. The van der Waals surface area contributed by atoms with Crippen molar-refractivity contribution < 1.29 is 5.11 Å². The molecule has 0 fully saturated rings. The van der Waals surface area contributed by atoms with Crippen molar-refractivity contribution >= 4 is 23.1 Å². The molecule has 0 atom stereocenters. The number of aliphatic hydroxyl groups excluding tert-OH is 1. The van der Waals surface area contributed by atoms with Gasteiger partial charge >= 0.3 is 0 Å². The highest BCUT2D eigenvalue weighted by atomic mass is 35.5. The first kappa shape index (κ1) is 15.0. The van der Waals surface area contributed by atoms with Crippen LogP contribution in [-0.4, -0.2) is 39.9 Å². The fourth-order valence-electron chi connectivity index (χ4n) is 1.87. The molecule has 0 aliphatic rings. The van der Waals surface area contributed by atoms with Crippen molar-refractivity contribution in [3.63, 3.8) is 0 Å². The lowest BCUT2D eigenvalue weighted by Gasteiger charge is -2.21. The smallest absolute Gasteiger partial charge is 0.163 e. The second-order valence-electron chi connectivity index (χ2n) is 5.55. The number of aliphatic hydroxyl groups is 1. The molecule has 0 spiro atoms. The fourth-order valence-corrected chi connectivity index (χ4v) is 2.06. The monoisotopic (exact) mass is 297 g/mol. The van der Waals surface area contributed by atoms with Gasteiger partial charge in [0.05, 0.1) is 6.20 Å². The normalized spacial score (nSPS) is 12.1. The average Bonchev–Trinajstić information content (AvgIpc) is 2.81. The molecule has 0 saturated heterocycles. The zero-order valence-corrected chi connectivity index (χ0v) is 12.7. The largest absolute Gasteiger partial charge is 0.396 e. The van der Waals surface area contributed by atoms with Gasteiger partial charge in [-0.25, -0.2) is 4.98 Å². The van der Waals surface area contributed by atoms with Gasteiger partial charge in [0.15, 0.2) is 5.65 Å². The molecule has 0 aromatic carbocycles. The van der Waals surface area contributed by atoms with E-state index in [0.29, 0.717) is 18.2 Å². The van der Waals surface area contributed by atoms with Crippen LogP contribution in [0.1, 0.15) is 19.4 Å². The summed E-state index contributed by atoms with van der Waals surface area (Å²) >= 11 is 6.01. The molecule has 0 aliphatic carbocycles. The van der Waals surface area contributed by atoms with Crippen molar-refractivity contribution in [2.24, 2.45) is 5.41 Å². The van der Waals surface area contributed by atoms with E-state index in [4.69, 9.17) is 11.6 Å². The Morgan fingerprint density at radius 3 is 2.85 bits per heavy atom. The van der Waals surface area contributed by atoms with E-state index >= 15 is 0 Å². The maximum absolute atomic E-state index is 9.23. The second-order valence-corrected chi connectivity index (χ2v) is 5.93. The lowest BCUT2D eigenvalue weighted by molar-refractivity contribution is 0.157. The zero-order valence-electron chi connectivity index (χ0n) is 11.9. The Balaban J connectivity index is 2.17. The van der Waals surface area contributed by atoms with Crippen LogP contribution in [0, 0.1) is 5.41 Å². The topological polar surface area (TPSA) is 74.5 Å². The van der Waals surface area contributed by atoms with Gasteiger partial charge in [-0.3, -0.25) is 0 Å². The minimum atomic E-state index is -0.149. The summed E-state index contributed by atoms with van der Waals surface area (Å²) < 4.78 is 1.72. The van der Waals surface area contributed by atoms with Crippen LogP contribution < -0.4 is 10.6 Å². The van der Waals surface area contributed by atoms with E-state index in [1.165, 1.54) is 0 Å². The number of hydrogen-bond acceptors (Lipinski definition) is 5. The summed E-state index contributed by atoms with van der Waals surface area (Å²) in [7, 11) is 1.81. The SMILES string of the molecule is CNc1cc(Cl)nc2c(CNCC(C)(C)CO)cnn12. The Kier molecular flexibility index (Phi) is 4.47. The standard InChI is InChI=1S/C13H20ClN5O/c1-13(2,8-20)7-16-5-9-6-17-19-11(15-3)4-10(14)18-12(9)19/h4,6,15-16,20H,5,7-8H2,1-3H3. The summed E-state index contributed by atoms with van der Waals surface area (Å²) in [6, 6.07) is 1.73. The third-order valence-corrected chi connectivity index (χ3v) is 3.31. The molecule has 0 aliphatic heterocycles. The Morgan fingerprint density at radius 1 is 1.45 bits per heavy atom. The molecule has 110 valence electrons. The first-order valence-electron chi connectivity index (χ1n) is 6.49. The number of rotatable bonds is 6. The molecule has 0 unspecified atom stereocenters. The number of anilines is 1. The zero-order chi connectivity index (χ0) is 14.8. The Bertz CT molecular complexity index is 596. The number of hydrogen-bond donors (Lipinski definition) is 3. The van der Waals surface area contributed by atoms with Crippen LogP contribution in [0.15, 0.2) is 12.3 Å². The number of nitrogens with one attached hydrogen (secondary N) is 2. The summed E-state index contributed by atoms with van der Waals surface area (Å²) in [5.41, 5.74) is 1.55. The molecular weight excluding hydrogens is 278 g/mol. The van der Waals surface area contributed by atoms with E-state index in [2.05, 4.69) is 20.7 Å². The predicted octanol–water partition coefficient (Wildman–Crippen LogP) is 1.53. The quantitative estimate of drug-likeness (QED) is 0.705. The van der Waals surface area contributed by atoms with Gasteiger partial charge in [0.1, 0.15) is 11.0 Å². The minimum Gasteiger partial charge on any atom is -0.396 e. The van der Waals surface area contributed by atoms with Crippen LogP contribution in [0.5, 0.6) is 0 Å². The number of halogens is 1. The van der Waals surface area contributed by atoms with Crippen LogP contribution in [0.4, 0.5) is 5.82 Å². The van der Waals surface area contributed by atoms with Crippen LogP contribution in [0.2, 0.25) is 5.15 Å². The lowest BCUT2D eigenvalue weighted by Crippen LogP contribution is -2.31. The molecule has 0 amide bonds. The van der Waals surface area contributed by atoms with Gasteiger partial charge in [-0.1, -0.05) is 25.4 Å². The molecule has 2 heterocycles. The molecule has 2 rings (SSSR count). The van der Waals surface area contributed by atoms with Crippen LogP contribution in [0.25, 0.3) is 5.65 Å². The van der Waals surface area contributed by atoms with Crippen molar-refractivity contribution in [2.75, 3.05) is 25.5 Å². The van der Waals surface area contributed by atoms with E-state index in [9.17, 15) is 5.11 Å². The molecule has 20 heavy (non-hydrogen) atoms. The van der Waals surface area contributed by atoms with E-state index in [-0.39, 0.29) is 12.0 Å². The Labute approximate surface area is 123 Å². The Hall–Kier alpha value is -1.37. The highest BCUT2D eigenvalue weighted by Crippen LogP contribution is 2.19. The van der Waals surface area contributed by atoms with Crippen molar-refractivity contribution in [2.45, 2.75) is 20.4 Å². The van der Waals surface area contributed by atoms with Gasteiger partial charge in [0.2, 0.25) is 0 Å². The van der Waals surface area contributed by atoms with Crippen LogP contribution in [0.3, 0.4) is 0 Å². The molecule has 6 nitrogen and oxygen atoms in total. The van der Waals surface area contributed by atoms with Crippen molar-refractivity contribution in [1.82, 2.24) is 19.9 Å². The molecule has 2 aromatic heterocycles. The second kappa shape index (κ2) is 5.95. The number of nitrogens with zero attached hydrogens (tertiary/aromatic N) is 3. The third kappa shape index (κ3) is 3.20. The number of fused-ring (bicyclic) bond motifs is 1. The molecule has 0 radical (unpaired) electrons. The Morgan fingerprint density at radius 2 is 2.20 bits per heavy atom. The lowest BCUT2D eigenvalue weighted by atomic mass is 9.95. The first-order valence-corrected chi connectivity index (χ1v) is 6.87. The van der Waals surface area contributed by atoms with Gasteiger partial charge < -0.3 is 15.7 Å². The van der Waals surface area contributed by atoms with Gasteiger partial charge in [0, 0.05) is 43.8 Å². The van der Waals surface area contributed by atoms with E-state index < -0.39 is 0 Å². The molecule has 0 bridgehead atoms. The molecular formula is C13H20ClN5O. The fraction of sp³-hybridized carbons (Fsp3) is 0.538. The number of aromatic nitrogens is 3. The summed E-state index contributed by atoms with van der Waals surface area (Å²) in [6.07, 6.45) is 1.78. The molecule has 0 saturated carbocycles. The van der Waals surface area contributed by atoms with Gasteiger partial charge in [0.25, 0.3) is 0 Å². The average molecular weight is 298 g/mol. The summed E-state index contributed by atoms with van der Waals surface area (Å²) in [6.45, 7) is 5.49. The van der Waals surface area contributed by atoms with Gasteiger partial charge in [-0.05, 0) is 0 Å². The van der Waals surface area contributed by atoms with Crippen molar-refractivity contribution in [3.8, 4) is 0 Å². The maximum Gasteiger partial charge on any atom is 0.163 e. The first-order chi connectivity index (χ1) is 9.46. The van der Waals surface area contributed by atoms with Crippen LogP contribution >= 0.6 is 11.6 Å². The summed E-state index contributed by atoms with van der Waals surface area (Å²) in [5.74, 6) is 0.793. The predicted molar refractivity (Wildman–Crippen MR) is 80.1 cm³/mol. The molecule has 2 aromatic rings. The minimum absolute atomic E-state index is 0.142. The van der Waals surface area contributed by atoms with E-state index in [1.54, 1.807) is 16.8 Å².